The predicted molar refractivity (Wildman–Crippen MR) is 116 cm³/mol. The topological polar surface area (TPSA) is 108 Å². The van der Waals surface area contributed by atoms with Crippen LogP contribution in [0, 0.1) is 0 Å². The van der Waals surface area contributed by atoms with Gasteiger partial charge in [0.2, 0.25) is 0 Å². The van der Waals surface area contributed by atoms with Gasteiger partial charge in [-0.15, -0.1) is 0 Å². The first-order valence-electron chi connectivity index (χ1n) is 10.8. The van der Waals surface area contributed by atoms with Crippen LogP contribution in [0.25, 0.3) is 0 Å². The molecule has 2 aromatic rings. The van der Waals surface area contributed by atoms with Crippen LogP contribution in [0.2, 0.25) is 0 Å². The standard InChI is InChI=1S/C24H27N3O4/c28-20-14-16-6-4-5-9-19(16)21(20)27-24(31)23(30)26-18-12-10-15(11-13-18)22(29)25-17-7-2-1-3-8-17/h4-6,9-13,17,20-21,28H,1-3,7-8,14H2,(H,25,29)(H,26,30)(H,27,31)/t20-,21+/m0/s1. The number of aliphatic hydroxyl groups is 1. The number of aliphatic hydroxyl groups excluding tert-OH is 1. The zero-order valence-electron chi connectivity index (χ0n) is 17.3. The predicted octanol–water partition coefficient (Wildman–Crippen LogP) is 2.46. The Balaban J connectivity index is 1.32. The fourth-order valence-electron chi connectivity index (χ4n) is 4.36. The van der Waals surface area contributed by atoms with Gasteiger partial charge < -0.3 is 21.1 Å². The number of benzene rings is 2. The molecule has 0 heterocycles. The minimum Gasteiger partial charge on any atom is -0.390 e. The van der Waals surface area contributed by atoms with Gasteiger partial charge >= 0.3 is 11.8 Å². The van der Waals surface area contributed by atoms with Crippen molar-refractivity contribution in [3.63, 3.8) is 0 Å². The molecule has 7 nitrogen and oxygen atoms in total. The first kappa shape index (κ1) is 21.1. The van der Waals surface area contributed by atoms with Gasteiger partial charge in [0.25, 0.3) is 5.91 Å². The lowest BCUT2D eigenvalue weighted by atomic mass is 9.95. The Hall–Kier alpha value is -3.19. The van der Waals surface area contributed by atoms with E-state index in [-0.39, 0.29) is 11.9 Å². The highest BCUT2D eigenvalue weighted by Crippen LogP contribution is 2.31. The maximum Gasteiger partial charge on any atom is 0.313 e. The van der Waals surface area contributed by atoms with Gasteiger partial charge in [-0.2, -0.15) is 0 Å². The summed E-state index contributed by atoms with van der Waals surface area (Å²) in [5.41, 5.74) is 2.72. The van der Waals surface area contributed by atoms with E-state index in [0.29, 0.717) is 17.7 Å². The second-order valence-electron chi connectivity index (χ2n) is 8.26. The van der Waals surface area contributed by atoms with Crippen LogP contribution >= 0.6 is 0 Å². The van der Waals surface area contributed by atoms with Crippen LogP contribution in [-0.4, -0.2) is 35.0 Å². The van der Waals surface area contributed by atoms with E-state index in [0.717, 1.165) is 36.8 Å². The summed E-state index contributed by atoms with van der Waals surface area (Å²) in [5, 5.41) is 18.5. The molecule has 1 saturated carbocycles. The van der Waals surface area contributed by atoms with Crippen molar-refractivity contribution in [1.82, 2.24) is 10.6 Å². The molecule has 0 aromatic heterocycles. The quantitative estimate of drug-likeness (QED) is 0.569. The second-order valence-corrected chi connectivity index (χ2v) is 8.26. The summed E-state index contributed by atoms with van der Waals surface area (Å²) >= 11 is 0. The van der Waals surface area contributed by atoms with Crippen molar-refractivity contribution >= 4 is 23.4 Å². The molecular formula is C24H27N3O4. The third-order valence-corrected chi connectivity index (χ3v) is 6.04. The number of nitrogens with one attached hydrogen (secondary N) is 3. The van der Waals surface area contributed by atoms with Gasteiger partial charge in [0.05, 0.1) is 12.1 Å². The molecule has 162 valence electrons. The lowest BCUT2D eigenvalue weighted by molar-refractivity contribution is -0.137. The molecule has 2 atom stereocenters. The Morgan fingerprint density at radius 2 is 1.55 bits per heavy atom. The van der Waals surface area contributed by atoms with Crippen LogP contribution in [0.15, 0.2) is 48.5 Å². The van der Waals surface area contributed by atoms with Crippen LogP contribution in [0.3, 0.4) is 0 Å². The van der Waals surface area contributed by atoms with Crippen molar-refractivity contribution in [2.24, 2.45) is 0 Å². The lowest BCUT2D eigenvalue weighted by Crippen LogP contribution is -2.40. The van der Waals surface area contributed by atoms with E-state index in [1.165, 1.54) is 6.42 Å². The summed E-state index contributed by atoms with van der Waals surface area (Å²) in [4.78, 5) is 37.1. The summed E-state index contributed by atoms with van der Waals surface area (Å²) in [6.45, 7) is 0. The second kappa shape index (κ2) is 9.31. The minimum atomic E-state index is -0.823. The largest absolute Gasteiger partial charge is 0.390 e. The van der Waals surface area contributed by atoms with E-state index in [1.807, 2.05) is 24.3 Å². The average Bonchev–Trinajstić information content (AvgIpc) is 3.10. The molecule has 0 radical (unpaired) electrons. The summed E-state index contributed by atoms with van der Waals surface area (Å²) in [5.74, 6) is -1.77. The molecule has 0 spiro atoms. The monoisotopic (exact) mass is 421 g/mol. The van der Waals surface area contributed by atoms with Crippen LogP contribution in [-0.2, 0) is 16.0 Å². The number of hydrogen-bond acceptors (Lipinski definition) is 4. The van der Waals surface area contributed by atoms with Gasteiger partial charge in [-0.1, -0.05) is 43.5 Å². The molecule has 7 heteroatoms. The molecule has 2 aliphatic rings. The fraction of sp³-hybridized carbons (Fsp3) is 0.375. The molecule has 0 saturated heterocycles. The van der Waals surface area contributed by atoms with Crippen molar-refractivity contribution in [1.29, 1.82) is 0 Å². The number of anilines is 1. The Labute approximate surface area is 181 Å². The summed E-state index contributed by atoms with van der Waals surface area (Å²) in [7, 11) is 0. The Bertz CT molecular complexity index is 967. The number of carbonyl (C=O) groups excluding carboxylic acids is 3. The van der Waals surface area contributed by atoms with E-state index in [2.05, 4.69) is 16.0 Å². The highest BCUT2D eigenvalue weighted by molar-refractivity contribution is 6.39. The molecular weight excluding hydrogens is 394 g/mol. The molecule has 0 aliphatic heterocycles. The van der Waals surface area contributed by atoms with Crippen molar-refractivity contribution in [3.05, 3.63) is 65.2 Å². The summed E-state index contributed by atoms with van der Waals surface area (Å²) < 4.78 is 0. The molecule has 1 fully saturated rings. The zero-order chi connectivity index (χ0) is 21.8. The highest BCUT2D eigenvalue weighted by Gasteiger charge is 2.33. The number of amides is 3. The van der Waals surface area contributed by atoms with E-state index < -0.39 is 24.0 Å². The van der Waals surface area contributed by atoms with Crippen molar-refractivity contribution in [2.75, 3.05) is 5.32 Å². The normalized spacial score (nSPS) is 20.5. The molecule has 2 aliphatic carbocycles. The first-order chi connectivity index (χ1) is 15.0. The third-order valence-electron chi connectivity index (χ3n) is 6.04. The maximum absolute atomic E-state index is 12.4. The summed E-state index contributed by atoms with van der Waals surface area (Å²) in [6, 6.07) is 13.5. The SMILES string of the molecule is O=C(Nc1ccc(C(=O)NC2CCCCC2)cc1)C(=O)N[C@@H]1c2ccccc2C[C@@H]1O. The lowest BCUT2D eigenvalue weighted by Gasteiger charge is -2.22. The average molecular weight is 421 g/mol. The number of hydrogen-bond donors (Lipinski definition) is 4. The molecule has 0 unspecified atom stereocenters. The van der Waals surface area contributed by atoms with E-state index in [1.54, 1.807) is 24.3 Å². The van der Waals surface area contributed by atoms with Crippen molar-refractivity contribution < 1.29 is 19.5 Å². The van der Waals surface area contributed by atoms with Gasteiger partial charge in [0, 0.05) is 23.7 Å². The Morgan fingerprint density at radius 3 is 2.29 bits per heavy atom. The fourth-order valence-corrected chi connectivity index (χ4v) is 4.36. The molecule has 4 rings (SSSR count). The van der Waals surface area contributed by atoms with Crippen LogP contribution < -0.4 is 16.0 Å². The molecule has 2 aromatic carbocycles. The summed E-state index contributed by atoms with van der Waals surface area (Å²) in [6.07, 6.45) is 5.19. The highest BCUT2D eigenvalue weighted by atomic mass is 16.3. The molecule has 0 bridgehead atoms. The van der Waals surface area contributed by atoms with Crippen molar-refractivity contribution in [2.45, 2.75) is 56.7 Å². The van der Waals surface area contributed by atoms with Crippen LogP contribution in [0.4, 0.5) is 5.69 Å². The van der Waals surface area contributed by atoms with Crippen molar-refractivity contribution in [3.8, 4) is 0 Å². The van der Waals surface area contributed by atoms with E-state index in [9.17, 15) is 19.5 Å². The van der Waals surface area contributed by atoms with Gasteiger partial charge in [0.1, 0.15) is 0 Å². The van der Waals surface area contributed by atoms with Gasteiger partial charge in [0.15, 0.2) is 0 Å². The van der Waals surface area contributed by atoms with E-state index >= 15 is 0 Å². The maximum atomic E-state index is 12.4. The van der Waals surface area contributed by atoms with Crippen LogP contribution in [0.5, 0.6) is 0 Å². The molecule has 31 heavy (non-hydrogen) atoms. The van der Waals surface area contributed by atoms with E-state index in [4.69, 9.17) is 0 Å². The van der Waals surface area contributed by atoms with Crippen LogP contribution in [0.1, 0.15) is 59.6 Å². The minimum absolute atomic E-state index is 0.128. The zero-order valence-corrected chi connectivity index (χ0v) is 17.3. The van der Waals surface area contributed by atoms with Gasteiger partial charge in [-0.05, 0) is 48.2 Å². The van der Waals surface area contributed by atoms with Gasteiger partial charge in [-0.3, -0.25) is 14.4 Å². The smallest absolute Gasteiger partial charge is 0.313 e. The number of rotatable bonds is 4. The first-order valence-corrected chi connectivity index (χ1v) is 10.8. The Morgan fingerprint density at radius 1 is 0.839 bits per heavy atom. The third kappa shape index (κ3) is 4.94. The molecule has 4 N–H and O–H groups in total. The van der Waals surface area contributed by atoms with Gasteiger partial charge in [-0.25, -0.2) is 0 Å². The number of carbonyl (C=O) groups is 3. The number of fused-ring (bicyclic) bond motifs is 1. The Kier molecular flexibility index (Phi) is 6.32. The molecule has 3 amide bonds.